The average molecular weight is 292 g/mol. The number of nitrogens with one attached hydrogen (secondary N) is 1. The Morgan fingerprint density at radius 1 is 1.29 bits per heavy atom. The summed E-state index contributed by atoms with van der Waals surface area (Å²) in [6.45, 7) is 6.23. The monoisotopic (exact) mass is 292 g/mol. The molecular weight excluding hydrogens is 264 g/mol. The summed E-state index contributed by atoms with van der Waals surface area (Å²) >= 11 is 0. The minimum absolute atomic E-state index is 0.476. The lowest BCUT2D eigenvalue weighted by molar-refractivity contribution is 0.128. The first-order chi connectivity index (χ1) is 10.2. The fourth-order valence-corrected chi connectivity index (χ4v) is 2.74. The number of rotatable bonds is 8. The summed E-state index contributed by atoms with van der Waals surface area (Å²) < 4.78 is 5.47. The molecule has 0 atom stereocenters. The number of hydrogen-bond donors (Lipinski definition) is 1. The molecule has 0 radical (unpaired) electrons. The number of aromatic nitrogens is 2. The summed E-state index contributed by atoms with van der Waals surface area (Å²) in [5.74, 6) is 2.67. The van der Waals surface area contributed by atoms with Gasteiger partial charge in [-0.15, -0.1) is 0 Å². The first kappa shape index (κ1) is 16.0. The molecule has 0 spiro atoms. The molecule has 0 amide bonds. The molecule has 0 aromatic carbocycles. The van der Waals surface area contributed by atoms with Gasteiger partial charge in [-0.05, 0) is 26.2 Å². The van der Waals surface area contributed by atoms with E-state index in [0.717, 1.165) is 30.4 Å². The Morgan fingerprint density at radius 2 is 2.05 bits per heavy atom. The van der Waals surface area contributed by atoms with Gasteiger partial charge in [-0.2, -0.15) is 0 Å². The number of anilines is 2. The van der Waals surface area contributed by atoms with Crippen LogP contribution < -0.4 is 10.2 Å². The van der Waals surface area contributed by atoms with Crippen molar-refractivity contribution < 1.29 is 4.74 Å². The third-order valence-corrected chi connectivity index (χ3v) is 3.98. The molecule has 1 fully saturated rings. The molecule has 0 unspecified atom stereocenters. The van der Waals surface area contributed by atoms with Crippen LogP contribution in [0.3, 0.4) is 0 Å². The van der Waals surface area contributed by atoms with E-state index in [1.165, 1.54) is 25.7 Å². The van der Waals surface area contributed by atoms with E-state index in [-0.39, 0.29) is 0 Å². The molecule has 1 N–H and O–H groups in total. The molecule has 0 aliphatic heterocycles. The standard InChI is InChI=1S/C16H28N4O/c1-4-10-17-14-11-16(19-15(18-14)12-21-5-2)20(3)13-8-6-7-9-13/h11,13H,4-10,12H2,1-3H3,(H,17,18,19). The second-order valence-electron chi connectivity index (χ2n) is 5.64. The summed E-state index contributed by atoms with van der Waals surface area (Å²) in [6, 6.07) is 2.67. The predicted octanol–water partition coefficient (Wildman–Crippen LogP) is 3.21. The summed E-state index contributed by atoms with van der Waals surface area (Å²) in [5, 5.41) is 3.36. The van der Waals surface area contributed by atoms with E-state index in [4.69, 9.17) is 4.74 Å². The van der Waals surface area contributed by atoms with Gasteiger partial charge in [0.15, 0.2) is 5.82 Å². The SMILES string of the molecule is CCCNc1cc(N(C)C2CCCC2)nc(COCC)n1. The maximum absolute atomic E-state index is 5.47. The quantitative estimate of drug-likeness (QED) is 0.797. The second kappa shape index (κ2) is 8.17. The number of ether oxygens (including phenoxy) is 1. The average Bonchev–Trinajstić information content (AvgIpc) is 3.04. The lowest BCUT2D eigenvalue weighted by Crippen LogP contribution is -2.30. The molecule has 5 nitrogen and oxygen atoms in total. The van der Waals surface area contributed by atoms with E-state index in [0.29, 0.717) is 19.3 Å². The molecule has 1 aromatic rings. The van der Waals surface area contributed by atoms with Crippen LogP contribution in [0.25, 0.3) is 0 Å². The third-order valence-electron chi connectivity index (χ3n) is 3.98. The van der Waals surface area contributed by atoms with Crippen LogP contribution in [0, 0.1) is 0 Å². The first-order valence-corrected chi connectivity index (χ1v) is 8.17. The highest BCUT2D eigenvalue weighted by Crippen LogP contribution is 2.27. The largest absolute Gasteiger partial charge is 0.374 e. The van der Waals surface area contributed by atoms with Crippen molar-refractivity contribution in [3.8, 4) is 0 Å². The van der Waals surface area contributed by atoms with Crippen LogP contribution in [0.2, 0.25) is 0 Å². The molecule has 1 heterocycles. The summed E-state index contributed by atoms with van der Waals surface area (Å²) in [7, 11) is 2.15. The van der Waals surface area contributed by atoms with Gasteiger partial charge in [0.05, 0.1) is 0 Å². The Balaban J connectivity index is 2.16. The van der Waals surface area contributed by atoms with Gasteiger partial charge in [0, 0.05) is 32.3 Å². The van der Waals surface area contributed by atoms with Crippen LogP contribution in [-0.4, -0.2) is 36.2 Å². The van der Waals surface area contributed by atoms with Gasteiger partial charge in [0.25, 0.3) is 0 Å². The smallest absolute Gasteiger partial charge is 0.158 e. The Morgan fingerprint density at radius 3 is 2.71 bits per heavy atom. The van der Waals surface area contributed by atoms with E-state index in [1.807, 2.05) is 6.92 Å². The van der Waals surface area contributed by atoms with Crippen molar-refractivity contribution in [3.05, 3.63) is 11.9 Å². The minimum atomic E-state index is 0.476. The molecule has 1 saturated carbocycles. The molecule has 118 valence electrons. The highest BCUT2D eigenvalue weighted by Gasteiger charge is 2.21. The van der Waals surface area contributed by atoms with E-state index in [9.17, 15) is 0 Å². The van der Waals surface area contributed by atoms with Crippen LogP contribution in [0.1, 0.15) is 51.8 Å². The van der Waals surface area contributed by atoms with Gasteiger partial charge in [-0.1, -0.05) is 19.8 Å². The number of hydrogen-bond acceptors (Lipinski definition) is 5. The van der Waals surface area contributed by atoms with Crippen LogP contribution in [0.15, 0.2) is 6.07 Å². The summed E-state index contributed by atoms with van der Waals surface area (Å²) in [6.07, 6.45) is 6.26. The van der Waals surface area contributed by atoms with Crippen molar-refractivity contribution in [2.75, 3.05) is 30.4 Å². The maximum Gasteiger partial charge on any atom is 0.158 e. The van der Waals surface area contributed by atoms with Crippen molar-refractivity contribution in [2.24, 2.45) is 0 Å². The summed E-state index contributed by atoms with van der Waals surface area (Å²) in [4.78, 5) is 11.5. The predicted molar refractivity (Wildman–Crippen MR) is 86.8 cm³/mol. The zero-order chi connectivity index (χ0) is 15.1. The molecule has 0 bridgehead atoms. The Hall–Kier alpha value is -1.36. The Bertz CT molecular complexity index is 406. The Kier molecular flexibility index (Phi) is 6.23. The zero-order valence-electron chi connectivity index (χ0n) is 13.6. The molecule has 1 aliphatic carbocycles. The van der Waals surface area contributed by atoms with Gasteiger partial charge in [-0.3, -0.25) is 0 Å². The van der Waals surface area contributed by atoms with Crippen molar-refractivity contribution >= 4 is 11.6 Å². The van der Waals surface area contributed by atoms with E-state index < -0.39 is 0 Å². The first-order valence-electron chi connectivity index (χ1n) is 8.17. The highest BCUT2D eigenvalue weighted by atomic mass is 16.5. The zero-order valence-corrected chi connectivity index (χ0v) is 13.6. The fraction of sp³-hybridized carbons (Fsp3) is 0.750. The molecule has 0 saturated heterocycles. The van der Waals surface area contributed by atoms with Crippen molar-refractivity contribution in [1.82, 2.24) is 9.97 Å². The van der Waals surface area contributed by atoms with Crippen molar-refractivity contribution in [3.63, 3.8) is 0 Å². The second-order valence-corrected chi connectivity index (χ2v) is 5.64. The summed E-state index contributed by atoms with van der Waals surface area (Å²) in [5.41, 5.74) is 0. The Labute approximate surface area is 128 Å². The molecule has 21 heavy (non-hydrogen) atoms. The van der Waals surface area contributed by atoms with Gasteiger partial charge >= 0.3 is 0 Å². The highest BCUT2D eigenvalue weighted by molar-refractivity contribution is 5.49. The van der Waals surface area contributed by atoms with Crippen LogP contribution >= 0.6 is 0 Å². The third kappa shape index (κ3) is 4.56. The van der Waals surface area contributed by atoms with Gasteiger partial charge in [-0.25, -0.2) is 9.97 Å². The van der Waals surface area contributed by atoms with Gasteiger partial charge in [0.1, 0.15) is 18.2 Å². The van der Waals surface area contributed by atoms with Crippen LogP contribution in [0.5, 0.6) is 0 Å². The van der Waals surface area contributed by atoms with Gasteiger partial charge in [0.2, 0.25) is 0 Å². The number of nitrogens with zero attached hydrogens (tertiary/aromatic N) is 3. The minimum Gasteiger partial charge on any atom is -0.374 e. The van der Waals surface area contributed by atoms with E-state index >= 15 is 0 Å². The molecule has 2 rings (SSSR count). The lowest BCUT2D eigenvalue weighted by atomic mass is 10.2. The lowest BCUT2D eigenvalue weighted by Gasteiger charge is -2.26. The van der Waals surface area contributed by atoms with Crippen molar-refractivity contribution in [2.45, 2.75) is 58.6 Å². The van der Waals surface area contributed by atoms with E-state index in [2.05, 4.69) is 40.2 Å². The van der Waals surface area contributed by atoms with Crippen molar-refractivity contribution in [1.29, 1.82) is 0 Å². The topological polar surface area (TPSA) is 50.3 Å². The normalized spacial score (nSPS) is 15.4. The molecule has 1 aromatic heterocycles. The van der Waals surface area contributed by atoms with Gasteiger partial charge < -0.3 is 15.0 Å². The fourth-order valence-electron chi connectivity index (χ4n) is 2.74. The molecule has 5 heteroatoms. The van der Waals surface area contributed by atoms with Crippen LogP contribution in [-0.2, 0) is 11.3 Å². The molecule has 1 aliphatic rings. The maximum atomic E-state index is 5.47. The van der Waals surface area contributed by atoms with E-state index in [1.54, 1.807) is 0 Å². The van der Waals surface area contributed by atoms with Crippen LogP contribution in [0.4, 0.5) is 11.6 Å². The molecular formula is C16H28N4O.